The van der Waals surface area contributed by atoms with Crippen molar-refractivity contribution in [3.05, 3.63) is 34.4 Å². The lowest BCUT2D eigenvalue weighted by molar-refractivity contribution is -0.150. The molecule has 104 valence electrons. The monoisotopic (exact) mass is 265 g/mol. The van der Waals surface area contributed by atoms with Crippen LogP contribution in [0, 0.1) is 0 Å². The minimum Gasteiger partial charge on any atom is -0.480 e. The number of aryl methyl sites for hydroxylation is 2. The van der Waals surface area contributed by atoms with Crippen LogP contribution < -0.4 is 5.73 Å². The van der Waals surface area contributed by atoms with Crippen LogP contribution in [0.25, 0.3) is 0 Å². The summed E-state index contributed by atoms with van der Waals surface area (Å²) in [6.45, 7) is 4.10. The van der Waals surface area contributed by atoms with E-state index in [0.717, 1.165) is 16.7 Å². The molecule has 1 aromatic rings. The molecule has 0 unspecified atom stereocenters. The Labute approximate surface area is 112 Å². The lowest BCUT2D eigenvalue weighted by Gasteiger charge is -2.18. The molecule has 0 aromatic heterocycles. The number of hydrogen-bond acceptors (Lipinski definition) is 3. The van der Waals surface area contributed by atoms with E-state index in [0.29, 0.717) is 24.9 Å². The van der Waals surface area contributed by atoms with Crippen LogP contribution >= 0.6 is 0 Å². The maximum Gasteiger partial charge on any atom is 0.322 e. The van der Waals surface area contributed by atoms with Gasteiger partial charge in [0.05, 0.1) is 0 Å². The molecule has 1 rings (SSSR count). The maximum atomic E-state index is 11.2. The minimum atomic E-state index is -1.52. The number of benzene rings is 1. The van der Waals surface area contributed by atoms with Crippen LogP contribution in [0.2, 0.25) is 0 Å². The van der Waals surface area contributed by atoms with Gasteiger partial charge in [0.1, 0.15) is 0 Å². The average Bonchev–Trinajstić information content (AvgIpc) is 2.37. The normalized spacial score (nSPS) is 10.7. The summed E-state index contributed by atoms with van der Waals surface area (Å²) >= 11 is 0. The number of rotatable bonds is 6. The summed E-state index contributed by atoms with van der Waals surface area (Å²) in [5.74, 6) is -4.19. The zero-order chi connectivity index (χ0) is 14.6. The number of nitrogens with two attached hydrogens (primary N) is 1. The standard InChI is InChI=1S/C14H19NO4/c1-3-9-5-8(7-15)6-10(4-2)11(9)12(13(16)17)14(18)19/h5-6,12H,3-4,7,15H2,1-2H3,(H,16,17)(H,18,19). The molecular formula is C14H19NO4. The maximum absolute atomic E-state index is 11.2. The lowest BCUT2D eigenvalue weighted by atomic mass is 9.86. The Hall–Kier alpha value is -1.88. The molecule has 1 aromatic carbocycles. The van der Waals surface area contributed by atoms with Crippen molar-refractivity contribution < 1.29 is 19.8 Å². The van der Waals surface area contributed by atoms with Gasteiger partial charge in [0.25, 0.3) is 0 Å². The Kier molecular flexibility index (Phi) is 5.06. The largest absolute Gasteiger partial charge is 0.480 e. The van der Waals surface area contributed by atoms with E-state index in [2.05, 4.69) is 0 Å². The number of carboxylic acid groups (broad SMARTS) is 2. The van der Waals surface area contributed by atoms with Crippen molar-refractivity contribution >= 4 is 11.9 Å². The van der Waals surface area contributed by atoms with Crippen molar-refractivity contribution in [2.75, 3.05) is 0 Å². The number of hydrogen-bond donors (Lipinski definition) is 3. The molecular weight excluding hydrogens is 246 g/mol. The molecule has 0 saturated carbocycles. The molecule has 19 heavy (non-hydrogen) atoms. The molecule has 0 radical (unpaired) electrons. The van der Waals surface area contributed by atoms with E-state index in [1.165, 1.54) is 0 Å². The predicted octanol–water partition coefficient (Wildman–Crippen LogP) is 1.52. The van der Waals surface area contributed by atoms with E-state index in [9.17, 15) is 9.59 Å². The van der Waals surface area contributed by atoms with Crippen molar-refractivity contribution in [3.8, 4) is 0 Å². The van der Waals surface area contributed by atoms with E-state index in [1.54, 1.807) is 12.1 Å². The molecule has 0 heterocycles. The summed E-state index contributed by atoms with van der Waals surface area (Å²) < 4.78 is 0. The number of carbonyl (C=O) groups is 2. The fraction of sp³-hybridized carbons (Fsp3) is 0.429. The van der Waals surface area contributed by atoms with Crippen LogP contribution in [0.15, 0.2) is 12.1 Å². The zero-order valence-corrected chi connectivity index (χ0v) is 11.1. The molecule has 0 amide bonds. The molecule has 0 saturated heterocycles. The molecule has 5 heteroatoms. The second-order valence-corrected chi connectivity index (χ2v) is 4.35. The fourth-order valence-electron chi connectivity index (χ4n) is 2.28. The second-order valence-electron chi connectivity index (χ2n) is 4.35. The van der Waals surface area contributed by atoms with E-state index in [4.69, 9.17) is 15.9 Å². The fourth-order valence-corrected chi connectivity index (χ4v) is 2.28. The van der Waals surface area contributed by atoms with Gasteiger partial charge in [0.2, 0.25) is 0 Å². The molecule has 0 fully saturated rings. The summed E-state index contributed by atoms with van der Waals surface area (Å²) in [5.41, 5.74) is 8.40. The lowest BCUT2D eigenvalue weighted by Crippen LogP contribution is -2.24. The van der Waals surface area contributed by atoms with Gasteiger partial charge >= 0.3 is 11.9 Å². The summed E-state index contributed by atoms with van der Waals surface area (Å²) in [6, 6.07) is 3.60. The summed E-state index contributed by atoms with van der Waals surface area (Å²) in [4.78, 5) is 22.5. The van der Waals surface area contributed by atoms with Gasteiger partial charge in [-0.3, -0.25) is 9.59 Å². The van der Waals surface area contributed by atoms with Gasteiger partial charge in [-0.2, -0.15) is 0 Å². The van der Waals surface area contributed by atoms with Crippen molar-refractivity contribution in [1.29, 1.82) is 0 Å². The van der Waals surface area contributed by atoms with Gasteiger partial charge in [0, 0.05) is 6.54 Å². The Balaban J connectivity index is 3.54. The van der Waals surface area contributed by atoms with Crippen molar-refractivity contribution in [2.45, 2.75) is 39.2 Å². The number of carboxylic acids is 2. The molecule has 0 atom stereocenters. The molecule has 0 aliphatic rings. The Morgan fingerprint density at radius 3 is 1.79 bits per heavy atom. The first kappa shape index (κ1) is 15.2. The number of aliphatic carboxylic acids is 2. The van der Waals surface area contributed by atoms with E-state index in [-0.39, 0.29) is 0 Å². The van der Waals surface area contributed by atoms with Gasteiger partial charge in [-0.15, -0.1) is 0 Å². The molecule has 0 bridgehead atoms. The SMILES string of the molecule is CCc1cc(CN)cc(CC)c1C(C(=O)O)C(=O)O. The third kappa shape index (κ3) is 3.12. The van der Waals surface area contributed by atoms with Crippen molar-refractivity contribution in [1.82, 2.24) is 0 Å². The summed E-state index contributed by atoms with van der Waals surface area (Å²) in [7, 11) is 0. The third-order valence-corrected chi connectivity index (χ3v) is 3.19. The topological polar surface area (TPSA) is 101 Å². The average molecular weight is 265 g/mol. The van der Waals surface area contributed by atoms with Crippen molar-refractivity contribution in [3.63, 3.8) is 0 Å². The first-order valence-corrected chi connectivity index (χ1v) is 6.26. The van der Waals surface area contributed by atoms with Crippen LogP contribution in [-0.2, 0) is 29.0 Å². The van der Waals surface area contributed by atoms with Gasteiger partial charge in [-0.25, -0.2) is 0 Å². The smallest absolute Gasteiger partial charge is 0.322 e. The van der Waals surface area contributed by atoms with Gasteiger partial charge in [-0.05, 0) is 35.1 Å². The third-order valence-electron chi connectivity index (χ3n) is 3.19. The van der Waals surface area contributed by atoms with Crippen LogP contribution in [0.4, 0.5) is 0 Å². The highest BCUT2D eigenvalue weighted by Crippen LogP contribution is 2.28. The van der Waals surface area contributed by atoms with Crippen LogP contribution in [-0.4, -0.2) is 22.2 Å². The molecule has 0 aliphatic carbocycles. The highest BCUT2D eigenvalue weighted by atomic mass is 16.4. The predicted molar refractivity (Wildman–Crippen MR) is 71.1 cm³/mol. The summed E-state index contributed by atoms with van der Waals surface area (Å²) in [6.07, 6.45) is 1.15. The quantitative estimate of drug-likeness (QED) is 0.677. The zero-order valence-electron chi connectivity index (χ0n) is 11.1. The molecule has 0 aliphatic heterocycles. The highest BCUT2D eigenvalue weighted by molar-refractivity contribution is 5.99. The summed E-state index contributed by atoms with van der Waals surface area (Å²) in [5, 5.41) is 18.3. The van der Waals surface area contributed by atoms with Crippen LogP contribution in [0.3, 0.4) is 0 Å². The van der Waals surface area contributed by atoms with Gasteiger partial charge < -0.3 is 15.9 Å². The van der Waals surface area contributed by atoms with Gasteiger partial charge in [-0.1, -0.05) is 26.0 Å². The molecule has 5 nitrogen and oxygen atoms in total. The Morgan fingerprint density at radius 2 is 1.53 bits per heavy atom. The Morgan fingerprint density at radius 1 is 1.11 bits per heavy atom. The van der Waals surface area contributed by atoms with Crippen molar-refractivity contribution in [2.24, 2.45) is 5.73 Å². The van der Waals surface area contributed by atoms with E-state index >= 15 is 0 Å². The van der Waals surface area contributed by atoms with Crippen LogP contribution in [0.5, 0.6) is 0 Å². The molecule has 0 spiro atoms. The van der Waals surface area contributed by atoms with E-state index < -0.39 is 17.9 Å². The van der Waals surface area contributed by atoms with Gasteiger partial charge in [0.15, 0.2) is 5.92 Å². The highest BCUT2D eigenvalue weighted by Gasteiger charge is 2.31. The first-order valence-electron chi connectivity index (χ1n) is 6.26. The second kappa shape index (κ2) is 6.33. The first-order chi connectivity index (χ1) is 8.96. The molecule has 4 N–H and O–H groups in total. The van der Waals surface area contributed by atoms with E-state index in [1.807, 2.05) is 13.8 Å². The Bertz CT molecular complexity index is 457. The minimum absolute atomic E-state index is 0.352. The van der Waals surface area contributed by atoms with Crippen LogP contribution in [0.1, 0.15) is 42.0 Å².